The van der Waals surface area contributed by atoms with Crippen molar-refractivity contribution in [3.63, 3.8) is 0 Å². The highest BCUT2D eigenvalue weighted by atomic mass is 16.5. The Kier molecular flexibility index (Phi) is 5.90. The van der Waals surface area contributed by atoms with Crippen molar-refractivity contribution in [3.8, 4) is 5.75 Å². The number of aromatic amines is 1. The van der Waals surface area contributed by atoms with Crippen LogP contribution in [0.15, 0.2) is 48.7 Å². The van der Waals surface area contributed by atoms with Crippen molar-refractivity contribution >= 4 is 17.8 Å². The van der Waals surface area contributed by atoms with E-state index in [0.717, 1.165) is 19.3 Å². The summed E-state index contributed by atoms with van der Waals surface area (Å²) in [4.78, 5) is 40.1. The number of nitrogens with one attached hydrogen (secondary N) is 3. The number of para-hydroxylation sites is 1. The second-order valence-corrected chi connectivity index (χ2v) is 6.65. The van der Waals surface area contributed by atoms with Gasteiger partial charge in [0.2, 0.25) is 5.91 Å². The van der Waals surface area contributed by atoms with Gasteiger partial charge in [-0.05, 0) is 37.1 Å². The van der Waals surface area contributed by atoms with Crippen molar-refractivity contribution in [1.82, 2.24) is 15.6 Å². The predicted molar refractivity (Wildman–Crippen MR) is 99.2 cm³/mol. The molecule has 1 aromatic carbocycles. The Balaban J connectivity index is 1.61. The van der Waals surface area contributed by atoms with E-state index in [0.29, 0.717) is 24.3 Å². The first-order chi connectivity index (χ1) is 13.1. The minimum atomic E-state index is -1.01. The van der Waals surface area contributed by atoms with Gasteiger partial charge in [0.05, 0.1) is 0 Å². The Morgan fingerprint density at radius 1 is 1.00 bits per heavy atom. The number of H-pyrrole nitrogens is 1. The summed E-state index contributed by atoms with van der Waals surface area (Å²) in [5.74, 6) is -0.823. The van der Waals surface area contributed by atoms with Gasteiger partial charge in [-0.3, -0.25) is 9.59 Å². The van der Waals surface area contributed by atoms with Crippen LogP contribution in [0.25, 0.3) is 0 Å². The lowest BCUT2D eigenvalue weighted by Gasteiger charge is -2.36. The predicted octanol–water partition coefficient (Wildman–Crippen LogP) is 2.17. The number of amides is 2. The van der Waals surface area contributed by atoms with Gasteiger partial charge in [0.15, 0.2) is 0 Å². The summed E-state index contributed by atoms with van der Waals surface area (Å²) in [6.07, 6.45) is 5.43. The molecule has 1 aliphatic rings. The first kappa shape index (κ1) is 18.7. The van der Waals surface area contributed by atoms with Crippen LogP contribution in [0.5, 0.6) is 5.75 Å². The van der Waals surface area contributed by atoms with Gasteiger partial charge in [-0.1, -0.05) is 37.5 Å². The normalized spacial score (nSPS) is 15.6. The molecule has 1 heterocycles. The van der Waals surface area contributed by atoms with Gasteiger partial charge in [0.25, 0.3) is 5.91 Å². The number of benzene rings is 1. The van der Waals surface area contributed by atoms with Crippen LogP contribution >= 0.6 is 0 Å². The van der Waals surface area contributed by atoms with Crippen LogP contribution in [-0.4, -0.2) is 34.9 Å². The van der Waals surface area contributed by atoms with Crippen molar-refractivity contribution in [2.75, 3.05) is 6.54 Å². The van der Waals surface area contributed by atoms with E-state index in [9.17, 15) is 14.4 Å². The Labute approximate surface area is 157 Å². The molecule has 1 fully saturated rings. The van der Waals surface area contributed by atoms with Crippen LogP contribution in [0, 0.1) is 0 Å². The molecule has 7 nitrogen and oxygen atoms in total. The van der Waals surface area contributed by atoms with Gasteiger partial charge >= 0.3 is 5.97 Å². The van der Waals surface area contributed by atoms with Crippen molar-refractivity contribution in [2.24, 2.45) is 0 Å². The summed E-state index contributed by atoms with van der Waals surface area (Å²) in [6, 6.07) is 12.0. The molecule has 0 bridgehead atoms. The molecule has 3 N–H and O–H groups in total. The molecule has 27 heavy (non-hydrogen) atoms. The number of ether oxygens (including phenoxy) is 1. The topological polar surface area (TPSA) is 100 Å². The maximum atomic E-state index is 12.8. The number of carbonyl (C=O) groups is 3. The molecule has 1 aromatic heterocycles. The van der Waals surface area contributed by atoms with Crippen LogP contribution in [0.4, 0.5) is 0 Å². The summed E-state index contributed by atoms with van der Waals surface area (Å²) < 4.78 is 5.18. The highest BCUT2D eigenvalue weighted by Gasteiger charge is 2.41. The summed E-state index contributed by atoms with van der Waals surface area (Å²) >= 11 is 0. The first-order valence-electron chi connectivity index (χ1n) is 9.09. The fourth-order valence-corrected chi connectivity index (χ4v) is 3.30. The maximum Gasteiger partial charge on any atom is 0.330 e. The zero-order valence-corrected chi connectivity index (χ0v) is 15.0. The van der Waals surface area contributed by atoms with Gasteiger partial charge in [0, 0.05) is 6.20 Å². The van der Waals surface area contributed by atoms with Gasteiger partial charge < -0.3 is 20.4 Å². The average molecular weight is 369 g/mol. The molecule has 2 aromatic rings. The quantitative estimate of drug-likeness (QED) is 0.537. The van der Waals surface area contributed by atoms with E-state index in [4.69, 9.17) is 4.74 Å². The van der Waals surface area contributed by atoms with E-state index in [2.05, 4.69) is 15.6 Å². The minimum Gasteiger partial charge on any atom is -0.425 e. The van der Waals surface area contributed by atoms with E-state index in [1.54, 1.807) is 42.6 Å². The van der Waals surface area contributed by atoms with Crippen molar-refractivity contribution in [2.45, 2.75) is 37.6 Å². The summed E-state index contributed by atoms with van der Waals surface area (Å²) in [5.41, 5.74) is -0.607. The van der Waals surface area contributed by atoms with E-state index in [-0.39, 0.29) is 18.4 Å². The summed E-state index contributed by atoms with van der Waals surface area (Å²) in [6.45, 7) is -0.256. The Morgan fingerprint density at radius 2 is 1.74 bits per heavy atom. The third-order valence-electron chi connectivity index (χ3n) is 4.71. The summed E-state index contributed by atoms with van der Waals surface area (Å²) in [7, 11) is 0. The third-order valence-corrected chi connectivity index (χ3v) is 4.71. The van der Waals surface area contributed by atoms with Crippen molar-refractivity contribution < 1.29 is 19.1 Å². The second-order valence-electron chi connectivity index (χ2n) is 6.65. The lowest BCUT2D eigenvalue weighted by molar-refractivity contribution is -0.137. The molecule has 0 radical (unpaired) electrons. The fourth-order valence-electron chi connectivity index (χ4n) is 3.30. The molecule has 3 rings (SSSR count). The molecule has 2 amide bonds. The number of aromatic nitrogens is 1. The number of hydrogen-bond acceptors (Lipinski definition) is 4. The van der Waals surface area contributed by atoms with E-state index >= 15 is 0 Å². The molecular weight excluding hydrogens is 346 g/mol. The molecule has 142 valence electrons. The van der Waals surface area contributed by atoms with E-state index in [1.807, 2.05) is 6.07 Å². The Morgan fingerprint density at radius 3 is 2.41 bits per heavy atom. The zero-order valence-electron chi connectivity index (χ0n) is 15.0. The first-order valence-corrected chi connectivity index (χ1v) is 9.09. The molecule has 0 spiro atoms. The number of rotatable bonds is 6. The van der Waals surface area contributed by atoms with Gasteiger partial charge in [-0.15, -0.1) is 0 Å². The van der Waals surface area contributed by atoms with Crippen molar-refractivity contribution in [3.05, 3.63) is 54.4 Å². The molecule has 7 heteroatoms. The summed E-state index contributed by atoms with van der Waals surface area (Å²) in [5, 5.41) is 5.50. The number of esters is 1. The lowest BCUT2D eigenvalue weighted by atomic mass is 9.80. The molecule has 1 aliphatic carbocycles. The smallest absolute Gasteiger partial charge is 0.330 e. The minimum absolute atomic E-state index is 0.256. The molecule has 1 saturated carbocycles. The zero-order chi connectivity index (χ0) is 19.1. The molecule has 0 aliphatic heterocycles. The van der Waals surface area contributed by atoms with Crippen LogP contribution < -0.4 is 15.4 Å². The average Bonchev–Trinajstić information content (AvgIpc) is 3.22. The highest BCUT2D eigenvalue weighted by molar-refractivity contribution is 5.98. The van der Waals surface area contributed by atoms with E-state index in [1.165, 1.54) is 0 Å². The number of hydrogen-bond donors (Lipinski definition) is 3. The Hall–Kier alpha value is -3.09. The fraction of sp³-hybridized carbons (Fsp3) is 0.350. The van der Waals surface area contributed by atoms with Gasteiger partial charge in [-0.25, -0.2) is 4.79 Å². The van der Waals surface area contributed by atoms with Crippen LogP contribution in [-0.2, 0) is 9.59 Å². The van der Waals surface area contributed by atoms with Crippen LogP contribution in [0.2, 0.25) is 0 Å². The van der Waals surface area contributed by atoms with Crippen LogP contribution in [0.1, 0.15) is 42.6 Å². The van der Waals surface area contributed by atoms with Gasteiger partial charge in [-0.2, -0.15) is 0 Å². The molecule has 0 saturated heterocycles. The molecule has 0 unspecified atom stereocenters. The number of carbonyl (C=O) groups excluding carboxylic acids is 3. The van der Waals surface area contributed by atoms with Crippen LogP contribution in [0.3, 0.4) is 0 Å². The van der Waals surface area contributed by atoms with E-state index < -0.39 is 11.5 Å². The Bertz CT molecular complexity index is 781. The highest BCUT2D eigenvalue weighted by Crippen LogP contribution is 2.29. The largest absolute Gasteiger partial charge is 0.425 e. The maximum absolute atomic E-state index is 12.8. The molecular formula is C20H23N3O4. The SMILES string of the molecule is O=C(CNC(=O)C1(NC(=O)c2ccc[nH]2)CCCCC1)Oc1ccccc1. The third kappa shape index (κ3) is 4.75. The second kappa shape index (κ2) is 8.53. The lowest BCUT2D eigenvalue weighted by Crippen LogP contribution is -2.60. The van der Waals surface area contributed by atoms with Crippen molar-refractivity contribution in [1.29, 1.82) is 0 Å². The monoisotopic (exact) mass is 369 g/mol. The standard InChI is InChI=1S/C20H23N3O4/c24-17(27-15-8-3-1-4-9-15)14-22-19(26)20(11-5-2-6-12-20)23-18(25)16-10-7-13-21-16/h1,3-4,7-10,13,21H,2,5-6,11-12,14H2,(H,22,26)(H,23,25). The van der Waals surface area contributed by atoms with Gasteiger partial charge in [0.1, 0.15) is 23.5 Å². The molecule has 0 atom stereocenters.